The second kappa shape index (κ2) is 4.18. The van der Waals surface area contributed by atoms with Crippen LogP contribution in [0.5, 0.6) is 0 Å². The van der Waals surface area contributed by atoms with E-state index in [-0.39, 0.29) is 11.3 Å². The van der Waals surface area contributed by atoms with Gasteiger partial charge in [-0.15, -0.1) is 0 Å². The summed E-state index contributed by atoms with van der Waals surface area (Å²) in [5, 5.41) is 31.4. The third-order valence-electron chi connectivity index (χ3n) is 1.62. The van der Waals surface area contributed by atoms with Crippen LogP contribution in [0.4, 0.5) is 5.69 Å². The molecule has 0 aliphatic carbocycles. The molecule has 0 atom stereocenters. The highest BCUT2D eigenvalue weighted by Gasteiger charge is 2.13. The van der Waals surface area contributed by atoms with Crippen molar-refractivity contribution >= 4 is 17.4 Å². The molecule has 0 amide bonds. The molecule has 0 saturated carbocycles. The van der Waals surface area contributed by atoms with Crippen LogP contribution in [-0.2, 0) is 4.79 Å². The van der Waals surface area contributed by atoms with Gasteiger partial charge in [0.05, 0.1) is 4.92 Å². The molecule has 0 spiro atoms. The molecule has 7 nitrogen and oxygen atoms in total. The lowest BCUT2D eigenvalue weighted by atomic mass is 10.1. The first-order valence-electron chi connectivity index (χ1n) is 3.74. The Kier molecular flexibility index (Phi) is 2.97. The van der Waals surface area contributed by atoms with Crippen LogP contribution < -0.4 is 0 Å². The van der Waals surface area contributed by atoms with E-state index in [1.165, 1.54) is 18.2 Å². The summed E-state index contributed by atoms with van der Waals surface area (Å²) < 4.78 is 0. The average Bonchev–Trinajstić information content (AvgIpc) is 2.18. The number of carboxylic acids is 1. The van der Waals surface area contributed by atoms with E-state index in [2.05, 4.69) is 5.16 Å². The Bertz CT molecular complexity index is 440. The van der Waals surface area contributed by atoms with E-state index in [1.807, 2.05) is 0 Å². The van der Waals surface area contributed by atoms with Gasteiger partial charge < -0.3 is 15.5 Å². The maximum atomic E-state index is 10.5. The minimum atomic E-state index is -1.52. The van der Waals surface area contributed by atoms with E-state index in [9.17, 15) is 20.1 Å². The average molecular weight is 209 g/mol. The van der Waals surface area contributed by atoms with Crippen molar-refractivity contribution in [1.29, 1.82) is 0 Å². The van der Waals surface area contributed by atoms with Crippen molar-refractivity contribution in [2.75, 3.05) is 0 Å². The van der Waals surface area contributed by atoms with E-state index in [4.69, 9.17) is 5.11 Å². The third kappa shape index (κ3) is 2.27. The van der Waals surface area contributed by atoms with Crippen molar-refractivity contribution in [2.45, 2.75) is 0 Å². The predicted octanol–water partition coefficient (Wildman–Crippen LogP) is 0.966. The molecular formula is C8H5N2O5-. The quantitative estimate of drug-likeness (QED) is 0.452. The Morgan fingerprint density at radius 1 is 1.47 bits per heavy atom. The normalized spacial score (nSPS) is 11.1. The van der Waals surface area contributed by atoms with Gasteiger partial charge in [-0.3, -0.25) is 10.1 Å². The SMILES string of the molecule is O=C(O)/C(=N\[O-])c1cccc([N+](=O)[O-])c1. The maximum Gasteiger partial charge on any atom is 0.354 e. The highest BCUT2D eigenvalue weighted by Crippen LogP contribution is 2.13. The van der Waals surface area contributed by atoms with Gasteiger partial charge in [0.25, 0.3) is 5.69 Å². The highest BCUT2D eigenvalue weighted by molar-refractivity contribution is 6.42. The summed E-state index contributed by atoms with van der Waals surface area (Å²) in [6.45, 7) is 0. The second-order valence-corrected chi connectivity index (χ2v) is 2.55. The summed E-state index contributed by atoms with van der Waals surface area (Å²) in [6, 6.07) is 4.71. The first-order chi connectivity index (χ1) is 7.06. The minimum absolute atomic E-state index is 0.0910. The molecule has 1 aromatic carbocycles. The number of hydrogen-bond acceptors (Lipinski definition) is 5. The number of carboxylic acid groups (broad SMARTS) is 1. The number of benzene rings is 1. The number of non-ortho nitro benzene ring substituents is 1. The molecule has 0 saturated heterocycles. The smallest absolute Gasteiger partial charge is 0.354 e. The van der Waals surface area contributed by atoms with Crippen LogP contribution in [0.15, 0.2) is 29.4 Å². The molecule has 78 valence electrons. The number of aliphatic carboxylic acids is 1. The van der Waals surface area contributed by atoms with Crippen LogP contribution in [-0.4, -0.2) is 21.7 Å². The van der Waals surface area contributed by atoms with E-state index in [1.54, 1.807) is 0 Å². The fourth-order valence-electron chi connectivity index (χ4n) is 0.982. The van der Waals surface area contributed by atoms with Gasteiger partial charge in [0, 0.05) is 17.7 Å². The van der Waals surface area contributed by atoms with Crippen LogP contribution in [0.25, 0.3) is 0 Å². The van der Waals surface area contributed by atoms with E-state index in [0.717, 1.165) is 6.07 Å². The number of rotatable bonds is 3. The molecule has 0 fully saturated rings. The lowest BCUT2D eigenvalue weighted by molar-refractivity contribution is -0.384. The van der Waals surface area contributed by atoms with Crippen molar-refractivity contribution in [3.63, 3.8) is 0 Å². The lowest BCUT2D eigenvalue weighted by Gasteiger charge is -2.03. The molecule has 0 bridgehead atoms. The Morgan fingerprint density at radius 3 is 2.60 bits per heavy atom. The maximum absolute atomic E-state index is 10.5. The monoisotopic (exact) mass is 209 g/mol. The fourth-order valence-corrected chi connectivity index (χ4v) is 0.982. The van der Waals surface area contributed by atoms with Crippen LogP contribution in [0.2, 0.25) is 0 Å². The zero-order valence-corrected chi connectivity index (χ0v) is 7.28. The van der Waals surface area contributed by atoms with E-state index >= 15 is 0 Å². The molecule has 1 rings (SSSR count). The topological polar surface area (TPSA) is 116 Å². The van der Waals surface area contributed by atoms with Crippen LogP contribution in [0, 0.1) is 15.3 Å². The van der Waals surface area contributed by atoms with Gasteiger partial charge in [-0.1, -0.05) is 12.1 Å². The van der Waals surface area contributed by atoms with Crippen LogP contribution >= 0.6 is 0 Å². The number of nitro benzene ring substituents is 1. The molecule has 0 aliphatic heterocycles. The van der Waals surface area contributed by atoms with Crippen molar-refractivity contribution in [3.05, 3.63) is 45.2 Å². The van der Waals surface area contributed by atoms with Gasteiger partial charge >= 0.3 is 5.97 Å². The van der Waals surface area contributed by atoms with Crippen molar-refractivity contribution in [1.82, 2.24) is 0 Å². The summed E-state index contributed by atoms with van der Waals surface area (Å²) in [4.78, 5) is 20.2. The molecule has 0 aromatic heterocycles. The Labute approximate surface area is 83.4 Å². The lowest BCUT2D eigenvalue weighted by Crippen LogP contribution is -2.14. The van der Waals surface area contributed by atoms with Gasteiger partial charge in [0.2, 0.25) is 0 Å². The standard InChI is InChI=1S/C8H6N2O5/c11-8(12)7(9-13)5-2-1-3-6(4-5)10(14)15/h1-4,13H,(H,11,12)/p-1/b9-7-. The Morgan fingerprint density at radius 2 is 2.13 bits per heavy atom. The van der Waals surface area contributed by atoms with Gasteiger partial charge in [0.1, 0.15) is 5.71 Å². The number of carbonyl (C=O) groups is 1. The fraction of sp³-hybridized carbons (Fsp3) is 0. The van der Waals surface area contributed by atoms with Gasteiger partial charge in [-0.05, 0) is 0 Å². The van der Waals surface area contributed by atoms with Crippen molar-refractivity contribution < 1.29 is 14.8 Å². The van der Waals surface area contributed by atoms with E-state index < -0.39 is 16.6 Å². The summed E-state index contributed by atoms with van der Waals surface area (Å²) in [7, 11) is 0. The predicted molar refractivity (Wildman–Crippen MR) is 50.6 cm³/mol. The van der Waals surface area contributed by atoms with Crippen LogP contribution in [0.1, 0.15) is 5.56 Å². The molecule has 0 aliphatic rings. The zero-order valence-electron chi connectivity index (χ0n) is 7.28. The molecule has 0 unspecified atom stereocenters. The Hall–Kier alpha value is -2.44. The molecule has 0 heterocycles. The summed E-state index contributed by atoms with van der Waals surface area (Å²) in [5.74, 6) is -1.52. The minimum Gasteiger partial charge on any atom is -0.791 e. The van der Waals surface area contributed by atoms with E-state index in [0.29, 0.717) is 0 Å². The molecular weight excluding hydrogens is 204 g/mol. The third-order valence-corrected chi connectivity index (χ3v) is 1.62. The molecule has 15 heavy (non-hydrogen) atoms. The molecule has 1 N–H and O–H groups in total. The largest absolute Gasteiger partial charge is 0.791 e. The first-order valence-corrected chi connectivity index (χ1v) is 3.74. The first kappa shape index (κ1) is 10.6. The second-order valence-electron chi connectivity index (χ2n) is 2.55. The van der Waals surface area contributed by atoms with Gasteiger partial charge in [0.15, 0.2) is 0 Å². The number of nitrogens with zero attached hydrogens (tertiary/aromatic N) is 2. The molecule has 1 aromatic rings. The Balaban J connectivity index is 3.21. The van der Waals surface area contributed by atoms with Gasteiger partial charge in [-0.25, -0.2) is 4.79 Å². The molecule has 7 heteroatoms. The summed E-state index contributed by atoms with van der Waals surface area (Å²) >= 11 is 0. The molecule has 0 radical (unpaired) electrons. The van der Waals surface area contributed by atoms with Crippen molar-refractivity contribution in [2.24, 2.45) is 5.16 Å². The summed E-state index contributed by atoms with van der Waals surface area (Å²) in [6.07, 6.45) is 0. The number of hydrogen-bond donors (Lipinski definition) is 1. The van der Waals surface area contributed by atoms with Crippen molar-refractivity contribution in [3.8, 4) is 0 Å². The highest BCUT2D eigenvalue weighted by atomic mass is 16.6. The summed E-state index contributed by atoms with van der Waals surface area (Å²) in [5.41, 5.74) is -1.14. The van der Waals surface area contributed by atoms with Crippen LogP contribution in [0.3, 0.4) is 0 Å². The van der Waals surface area contributed by atoms with Gasteiger partial charge in [-0.2, -0.15) is 0 Å². The zero-order chi connectivity index (χ0) is 11.4. The number of nitro groups is 1.